The highest BCUT2D eigenvalue weighted by Crippen LogP contribution is 2.18. The molecule has 3 rings (SSSR count). The van der Waals surface area contributed by atoms with Crippen LogP contribution in [0.15, 0.2) is 48.7 Å². The number of benzene rings is 1. The number of piperidine rings is 1. The highest BCUT2D eigenvalue weighted by Gasteiger charge is 2.15. The number of rotatable bonds is 10. The molecule has 0 spiro atoms. The molecule has 1 aliphatic heterocycles. The largest absolute Gasteiger partial charge is 0.491 e. The average Bonchev–Trinajstić information content (AvgIpc) is 2.72. The van der Waals surface area contributed by atoms with Crippen LogP contribution >= 0.6 is 0 Å². The minimum Gasteiger partial charge on any atom is -0.491 e. The topological polar surface area (TPSA) is 64.0 Å². The Morgan fingerprint density at radius 3 is 2.30 bits per heavy atom. The molecule has 0 radical (unpaired) electrons. The van der Waals surface area contributed by atoms with Crippen LogP contribution in [0.5, 0.6) is 17.4 Å². The maximum absolute atomic E-state index is 10.1. The minimum atomic E-state index is -0.470. The molecular formula is C21H28N2O4. The Hall–Kier alpha value is -2.31. The predicted molar refractivity (Wildman–Crippen MR) is 103 cm³/mol. The van der Waals surface area contributed by atoms with Crippen molar-refractivity contribution >= 4 is 0 Å². The van der Waals surface area contributed by atoms with Gasteiger partial charge >= 0.3 is 0 Å². The maximum Gasteiger partial charge on any atom is 0.213 e. The van der Waals surface area contributed by atoms with Crippen molar-refractivity contribution in [2.24, 2.45) is 0 Å². The summed E-state index contributed by atoms with van der Waals surface area (Å²) in [5.74, 6) is 2.07. The molecule has 1 N–H and O–H groups in total. The Labute approximate surface area is 160 Å². The third-order valence-corrected chi connectivity index (χ3v) is 4.42. The van der Waals surface area contributed by atoms with Crippen molar-refractivity contribution in [3.63, 3.8) is 0 Å². The minimum absolute atomic E-state index is 0.300. The number of hydrogen-bond donors (Lipinski definition) is 1. The summed E-state index contributed by atoms with van der Waals surface area (Å²) >= 11 is 0. The van der Waals surface area contributed by atoms with Crippen molar-refractivity contribution in [3.8, 4) is 17.4 Å². The third-order valence-electron chi connectivity index (χ3n) is 4.42. The zero-order valence-electron chi connectivity index (χ0n) is 15.6. The van der Waals surface area contributed by atoms with Crippen LogP contribution in [0.1, 0.15) is 19.3 Å². The third kappa shape index (κ3) is 7.07. The summed E-state index contributed by atoms with van der Waals surface area (Å²) in [5.41, 5.74) is 0. The molecule has 27 heavy (non-hydrogen) atoms. The molecule has 0 saturated carbocycles. The molecule has 1 saturated heterocycles. The van der Waals surface area contributed by atoms with Gasteiger partial charge in [-0.25, -0.2) is 4.98 Å². The molecule has 1 aliphatic rings. The second-order valence-corrected chi connectivity index (χ2v) is 6.66. The van der Waals surface area contributed by atoms with Crippen LogP contribution in [-0.4, -0.2) is 60.5 Å². The van der Waals surface area contributed by atoms with Gasteiger partial charge in [0.2, 0.25) is 5.88 Å². The molecule has 1 atom stereocenters. The number of nitrogens with zero attached hydrogens (tertiary/aromatic N) is 2. The summed E-state index contributed by atoms with van der Waals surface area (Å²) in [4.78, 5) is 6.40. The Morgan fingerprint density at radius 1 is 0.889 bits per heavy atom. The van der Waals surface area contributed by atoms with E-state index in [1.165, 1.54) is 19.3 Å². The van der Waals surface area contributed by atoms with Gasteiger partial charge in [-0.1, -0.05) is 12.5 Å². The van der Waals surface area contributed by atoms with E-state index in [1.54, 1.807) is 6.20 Å². The monoisotopic (exact) mass is 372 g/mol. The summed E-state index contributed by atoms with van der Waals surface area (Å²) in [5, 5.41) is 10.1. The fourth-order valence-corrected chi connectivity index (χ4v) is 3.06. The lowest BCUT2D eigenvalue weighted by Crippen LogP contribution is -2.38. The Bertz CT molecular complexity index is 645. The van der Waals surface area contributed by atoms with Crippen molar-refractivity contribution in [1.29, 1.82) is 0 Å². The molecule has 0 amide bonds. The first kappa shape index (κ1) is 19.5. The normalized spacial score (nSPS) is 15.9. The summed E-state index contributed by atoms with van der Waals surface area (Å²) in [6, 6.07) is 12.9. The summed E-state index contributed by atoms with van der Waals surface area (Å²) in [7, 11) is 0. The molecule has 146 valence electrons. The number of ether oxygens (including phenoxy) is 3. The molecule has 1 fully saturated rings. The Balaban J connectivity index is 1.32. The number of aromatic nitrogens is 1. The van der Waals surface area contributed by atoms with Gasteiger partial charge in [-0.3, -0.25) is 0 Å². The van der Waals surface area contributed by atoms with Gasteiger partial charge < -0.3 is 24.2 Å². The first-order chi connectivity index (χ1) is 13.3. The summed E-state index contributed by atoms with van der Waals surface area (Å²) < 4.78 is 16.8. The van der Waals surface area contributed by atoms with Crippen molar-refractivity contribution in [2.75, 3.05) is 39.5 Å². The van der Waals surface area contributed by atoms with E-state index in [4.69, 9.17) is 14.2 Å². The lowest BCUT2D eigenvalue weighted by molar-refractivity contribution is 0.0617. The number of aliphatic hydroxyl groups excluding tert-OH is 1. The zero-order chi connectivity index (χ0) is 18.7. The van der Waals surface area contributed by atoms with Gasteiger partial charge in [-0.2, -0.15) is 0 Å². The molecule has 0 bridgehead atoms. The van der Waals surface area contributed by atoms with Crippen LogP contribution in [0, 0.1) is 0 Å². The van der Waals surface area contributed by atoms with E-state index in [0.29, 0.717) is 32.2 Å². The van der Waals surface area contributed by atoms with E-state index < -0.39 is 6.10 Å². The lowest BCUT2D eigenvalue weighted by atomic mass is 10.1. The van der Waals surface area contributed by atoms with Crippen LogP contribution in [0.4, 0.5) is 0 Å². The highest BCUT2D eigenvalue weighted by molar-refractivity contribution is 5.31. The van der Waals surface area contributed by atoms with Gasteiger partial charge in [0.05, 0.1) is 0 Å². The van der Waals surface area contributed by atoms with Crippen molar-refractivity contribution in [2.45, 2.75) is 25.4 Å². The van der Waals surface area contributed by atoms with Crippen LogP contribution in [0.2, 0.25) is 0 Å². The highest BCUT2D eigenvalue weighted by atomic mass is 16.5. The summed E-state index contributed by atoms with van der Waals surface area (Å²) in [6.45, 7) is 4.00. The Kier molecular flexibility index (Phi) is 7.74. The first-order valence-electron chi connectivity index (χ1n) is 9.59. The molecule has 0 aliphatic carbocycles. The van der Waals surface area contributed by atoms with Gasteiger partial charge in [0.15, 0.2) is 0 Å². The van der Waals surface area contributed by atoms with Crippen LogP contribution in [0.25, 0.3) is 0 Å². The van der Waals surface area contributed by atoms with E-state index in [2.05, 4.69) is 9.88 Å². The smallest absolute Gasteiger partial charge is 0.213 e. The molecule has 2 heterocycles. The second-order valence-electron chi connectivity index (χ2n) is 6.66. The standard InChI is InChI=1S/C21H28N2O4/c24-18(16-23-12-4-1-5-13-23)17-27-20-9-7-19(8-10-20)25-14-15-26-21-6-2-3-11-22-21/h2-3,6-11,18,24H,1,4-5,12-17H2. The SMILES string of the molecule is OC(COc1ccc(OCCOc2ccccn2)cc1)CN1CCCCC1. The van der Waals surface area contributed by atoms with Gasteiger partial charge in [0.25, 0.3) is 0 Å². The van der Waals surface area contributed by atoms with Crippen LogP contribution < -0.4 is 14.2 Å². The zero-order valence-corrected chi connectivity index (χ0v) is 15.6. The van der Waals surface area contributed by atoms with E-state index in [-0.39, 0.29) is 0 Å². The van der Waals surface area contributed by atoms with E-state index in [1.807, 2.05) is 42.5 Å². The van der Waals surface area contributed by atoms with E-state index in [0.717, 1.165) is 24.6 Å². The molecule has 6 nitrogen and oxygen atoms in total. The fourth-order valence-electron chi connectivity index (χ4n) is 3.06. The number of likely N-dealkylation sites (tertiary alicyclic amines) is 1. The van der Waals surface area contributed by atoms with E-state index in [9.17, 15) is 5.11 Å². The Morgan fingerprint density at radius 2 is 1.59 bits per heavy atom. The van der Waals surface area contributed by atoms with Crippen molar-refractivity contribution in [1.82, 2.24) is 9.88 Å². The maximum atomic E-state index is 10.1. The van der Waals surface area contributed by atoms with Gasteiger partial charge in [0, 0.05) is 18.8 Å². The molecule has 1 aromatic carbocycles. The van der Waals surface area contributed by atoms with E-state index >= 15 is 0 Å². The fraction of sp³-hybridized carbons (Fsp3) is 0.476. The van der Waals surface area contributed by atoms with Crippen LogP contribution in [-0.2, 0) is 0 Å². The number of pyridine rings is 1. The lowest BCUT2D eigenvalue weighted by Gasteiger charge is -2.28. The summed E-state index contributed by atoms with van der Waals surface area (Å²) in [6.07, 6.45) is 4.97. The number of β-amino-alcohol motifs (C(OH)–C–C–N with tert-alkyl or cyclic N) is 1. The molecule has 1 unspecified atom stereocenters. The average molecular weight is 372 g/mol. The van der Waals surface area contributed by atoms with Gasteiger partial charge in [-0.05, 0) is 56.3 Å². The quantitative estimate of drug-likeness (QED) is 0.647. The number of hydrogen-bond acceptors (Lipinski definition) is 6. The molecule has 6 heteroatoms. The van der Waals surface area contributed by atoms with Gasteiger partial charge in [-0.15, -0.1) is 0 Å². The molecule has 1 aromatic heterocycles. The van der Waals surface area contributed by atoms with Crippen molar-refractivity contribution < 1.29 is 19.3 Å². The molecular weight excluding hydrogens is 344 g/mol. The van der Waals surface area contributed by atoms with Crippen molar-refractivity contribution in [3.05, 3.63) is 48.7 Å². The molecule has 2 aromatic rings. The number of aliphatic hydroxyl groups is 1. The first-order valence-corrected chi connectivity index (χ1v) is 9.59. The second kappa shape index (κ2) is 10.7. The van der Waals surface area contributed by atoms with Crippen LogP contribution in [0.3, 0.4) is 0 Å². The van der Waals surface area contributed by atoms with Gasteiger partial charge in [0.1, 0.15) is 37.4 Å². The predicted octanol–water partition coefficient (Wildman–Crippen LogP) is 2.77.